The quantitative estimate of drug-likeness (QED) is 0.593. The molecule has 1 aromatic carbocycles. The molecule has 0 saturated carbocycles. The number of hydrogen-bond donors (Lipinski definition) is 0. The zero-order valence-electron chi connectivity index (χ0n) is 7.53. The van der Waals surface area contributed by atoms with Gasteiger partial charge in [0, 0.05) is 5.75 Å². The minimum atomic E-state index is -3.57. The minimum Gasteiger partial charge on any atom is -0.564 e. The van der Waals surface area contributed by atoms with Crippen molar-refractivity contribution in [2.75, 3.05) is 5.75 Å². The second-order valence-electron chi connectivity index (χ2n) is 2.55. The third-order valence-corrected chi connectivity index (χ3v) is 2.24. The standard InChI is InChI=1S/C8H10NO2S.K/c9-12(10,11)7-6-8-4-2-1-3-5-8;/h1-5H,6-7H2,(H-,9,10,11);/q-1;+1. The summed E-state index contributed by atoms with van der Waals surface area (Å²) in [5.41, 5.74) is 0.952. The van der Waals surface area contributed by atoms with Gasteiger partial charge in [0.2, 0.25) is 0 Å². The molecule has 13 heavy (non-hydrogen) atoms. The van der Waals surface area contributed by atoms with Crippen LogP contribution in [0.4, 0.5) is 0 Å². The number of hydrogen-bond acceptors (Lipinski definition) is 2. The molecular formula is C8H10KNO2S. The van der Waals surface area contributed by atoms with Crippen LogP contribution >= 0.6 is 0 Å². The molecule has 0 spiro atoms. The molecule has 0 fully saturated rings. The normalized spacial score (nSPS) is 10.5. The Morgan fingerprint density at radius 2 is 1.69 bits per heavy atom. The Balaban J connectivity index is 0.00000144. The summed E-state index contributed by atoms with van der Waals surface area (Å²) < 4.78 is 20.9. The van der Waals surface area contributed by atoms with Crippen molar-refractivity contribution in [2.24, 2.45) is 0 Å². The molecule has 0 saturated heterocycles. The van der Waals surface area contributed by atoms with Crippen LogP contribution in [-0.4, -0.2) is 14.2 Å². The van der Waals surface area contributed by atoms with E-state index in [1.165, 1.54) is 0 Å². The summed E-state index contributed by atoms with van der Waals surface area (Å²) in [4.78, 5) is 0. The van der Waals surface area contributed by atoms with Gasteiger partial charge in [0.05, 0.1) is 10.0 Å². The van der Waals surface area contributed by atoms with E-state index in [9.17, 15) is 8.42 Å². The second-order valence-corrected chi connectivity index (χ2v) is 4.19. The van der Waals surface area contributed by atoms with Crippen LogP contribution in [0.2, 0.25) is 0 Å². The Kier molecular flexibility index (Phi) is 6.66. The topological polar surface area (TPSA) is 57.9 Å². The van der Waals surface area contributed by atoms with E-state index in [2.05, 4.69) is 0 Å². The van der Waals surface area contributed by atoms with Crippen LogP contribution in [0.3, 0.4) is 0 Å². The first-order valence-corrected chi connectivity index (χ1v) is 5.24. The average molecular weight is 223 g/mol. The Labute approximate surface area is 121 Å². The number of sulfonamides is 1. The third-order valence-electron chi connectivity index (χ3n) is 1.50. The van der Waals surface area contributed by atoms with Crippen LogP contribution in [0, 0.1) is 0 Å². The van der Waals surface area contributed by atoms with Crippen molar-refractivity contribution in [1.82, 2.24) is 0 Å². The molecule has 0 bridgehead atoms. The summed E-state index contributed by atoms with van der Waals surface area (Å²) in [5, 5.41) is 6.65. The zero-order chi connectivity index (χ0) is 9.03. The fraction of sp³-hybridized carbons (Fsp3) is 0.250. The molecule has 1 aromatic rings. The van der Waals surface area contributed by atoms with Crippen LogP contribution in [-0.2, 0) is 16.4 Å². The first-order chi connectivity index (χ1) is 5.58. The molecule has 0 aliphatic carbocycles. The van der Waals surface area contributed by atoms with Gasteiger partial charge in [-0.2, -0.15) is 0 Å². The van der Waals surface area contributed by atoms with Crippen LogP contribution in [0.25, 0.3) is 5.14 Å². The van der Waals surface area contributed by atoms with Gasteiger partial charge in [-0.1, -0.05) is 30.3 Å². The smallest absolute Gasteiger partial charge is 0.564 e. The first kappa shape index (κ1) is 13.8. The van der Waals surface area contributed by atoms with Gasteiger partial charge in [-0.05, 0) is 12.0 Å². The molecule has 0 heterocycles. The van der Waals surface area contributed by atoms with Crippen LogP contribution < -0.4 is 51.4 Å². The van der Waals surface area contributed by atoms with Crippen molar-refractivity contribution in [3.05, 3.63) is 41.0 Å². The Bertz CT molecular complexity index is 336. The van der Waals surface area contributed by atoms with E-state index in [1.807, 2.05) is 30.3 Å². The van der Waals surface area contributed by atoms with Gasteiger partial charge >= 0.3 is 51.4 Å². The number of nitrogens with one attached hydrogen (secondary N) is 1. The Hall–Kier alpha value is 0.766. The monoisotopic (exact) mass is 223 g/mol. The molecule has 5 heteroatoms. The molecule has 0 unspecified atom stereocenters. The zero-order valence-corrected chi connectivity index (χ0v) is 11.5. The largest absolute Gasteiger partial charge is 1.00 e. The van der Waals surface area contributed by atoms with E-state index < -0.39 is 10.0 Å². The fourth-order valence-corrected chi connectivity index (χ4v) is 1.40. The first-order valence-electron chi connectivity index (χ1n) is 3.59. The maximum absolute atomic E-state index is 10.5. The molecule has 1 N–H and O–H groups in total. The number of aryl methyl sites for hydroxylation is 1. The summed E-state index contributed by atoms with van der Waals surface area (Å²) in [6.45, 7) is 0. The Morgan fingerprint density at radius 1 is 1.15 bits per heavy atom. The summed E-state index contributed by atoms with van der Waals surface area (Å²) in [6, 6.07) is 9.28. The molecule has 0 aliphatic rings. The Morgan fingerprint density at radius 3 is 2.15 bits per heavy atom. The van der Waals surface area contributed by atoms with Gasteiger partial charge in [0.15, 0.2) is 0 Å². The SMILES string of the molecule is [K+].[NH-]S(=O)(=O)CCc1ccccc1. The van der Waals surface area contributed by atoms with Gasteiger partial charge in [-0.15, -0.1) is 0 Å². The molecular weight excluding hydrogens is 213 g/mol. The molecule has 0 aromatic heterocycles. The number of rotatable bonds is 3. The van der Waals surface area contributed by atoms with Crippen molar-refractivity contribution < 1.29 is 59.8 Å². The molecule has 66 valence electrons. The van der Waals surface area contributed by atoms with Crippen molar-refractivity contribution in [2.45, 2.75) is 6.42 Å². The van der Waals surface area contributed by atoms with E-state index in [4.69, 9.17) is 5.14 Å². The summed E-state index contributed by atoms with van der Waals surface area (Å²) in [5.74, 6) is -0.100. The van der Waals surface area contributed by atoms with Crippen LogP contribution in [0.5, 0.6) is 0 Å². The van der Waals surface area contributed by atoms with E-state index >= 15 is 0 Å². The second kappa shape index (κ2) is 6.29. The van der Waals surface area contributed by atoms with Crippen LogP contribution in [0.15, 0.2) is 30.3 Å². The summed E-state index contributed by atoms with van der Waals surface area (Å²) in [6.07, 6.45) is 0.423. The number of benzene rings is 1. The maximum atomic E-state index is 10.5. The van der Waals surface area contributed by atoms with Crippen molar-refractivity contribution in [3.63, 3.8) is 0 Å². The summed E-state index contributed by atoms with van der Waals surface area (Å²) in [7, 11) is -3.57. The van der Waals surface area contributed by atoms with Crippen molar-refractivity contribution in [3.8, 4) is 0 Å². The third kappa shape index (κ3) is 6.79. The minimum absolute atomic E-state index is 0. The van der Waals surface area contributed by atoms with Crippen LogP contribution in [0.1, 0.15) is 5.56 Å². The predicted octanol–water partition coefficient (Wildman–Crippen LogP) is -1.38. The molecule has 0 aliphatic heterocycles. The fourth-order valence-electron chi connectivity index (χ4n) is 0.897. The van der Waals surface area contributed by atoms with E-state index in [0.29, 0.717) is 6.42 Å². The van der Waals surface area contributed by atoms with E-state index in [0.717, 1.165) is 5.56 Å². The van der Waals surface area contributed by atoms with Crippen molar-refractivity contribution >= 4 is 10.0 Å². The predicted molar refractivity (Wildman–Crippen MR) is 48.3 cm³/mol. The molecule has 0 atom stereocenters. The maximum Gasteiger partial charge on any atom is 1.00 e. The van der Waals surface area contributed by atoms with Gasteiger partial charge in [-0.25, -0.2) is 8.42 Å². The molecule has 0 radical (unpaired) electrons. The molecule has 1 rings (SSSR count). The van der Waals surface area contributed by atoms with Gasteiger partial charge in [-0.3, -0.25) is 0 Å². The van der Waals surface area contributed by atoms with E-state index in [1.54, 1.807) is 0 Å². The van der Waals surface area contributed by atoms with E-state index in [-0.39, 0.29) is 57.1 Å². The average Bonchev–Trinajstić information content (AvgIpc) is 2.02. The van der Waals surface area contributed by atoms with Gasteiger partial charge < -0.3 is 5.14 Å². The molecule has 0 amide bonds. The van der Waals surface area contributed by atoms with Crippen molar-refractivity contribution in [1.29, 1.82) is 0 Å². The van der Waals surface area contributed by atoms with Gasteiger partial charge in [0.1, 0.15) is 0 Å². The van der Waals surface area contributed by atoms with Gasteiger partial charge in [0.25, 0.3) is 0 Å². The molecule has 3 nitrogen and oxygen atoms in total. The summed E-state index contributed by atoms with van der Waals surface area (Å²) >= 11 is 0.